The zero-order chi connectivity index (χ0) is 33.8. The maximum Gasteiger partial charge on any atom is 0.264 e. The molecule has 1 atom stereocenters. The Balaban J connectivity index is 1.82. The highest BCUT2D eigenvalue weighted by molar-refractivity contribution is 7.92. The summed E-state index contributed by atoms with van der Waals surface area (Å²) in [5, 5.41) is 2.92. The first-order valence-electron chi connectivity index (χ1n) is 15.3. The average Bonchev–Trinajstić information content (AvgIpc) is 3.09. The third kappa shape index (κ3) is 8.88. The predicted molar refractivity (Wildman–Crippen MR) is 179 cm³/mol. The molecule has 4 aromatic carbocycles. The lowest BCUT2D eigenvalue weighted by Gasteiger charge is -2.34. The summed E-state index contributed by atoms with van der Waals surface area (Å²) in [7, 11) is -1.50. The molecule has 0 spiro atoms. The minimum atomic E-state index is -4.37. The monoisotopic (exact) mass is 661 g/mol. The van der Waals surface area contributed by atoms with Crippen molar-refractivity contribution >= 4 is 27.5 Å². The summed E-state index contributed by atoms with van der Waals surface area (Å²) in [6.07, 6.45) is 1.70. The second-order valence-electron chi connectivity index (χ2n) is 10.8. The van der Waals surface area contributed by atoms with Crippen LogP contribution < -0.4 is 19.1 Å². The Hall–Kier alpha value is -4.90. The molecule has 2 amide bonds. The van der Waals surface area contributed by atoms with Crippen LogP contribution in [0.3, 0.4) is 0 Å². The minimum Gasteiger partial charge on any atom is -0.497 e. The number of amides is 2. The Kier molecular flexibility index (Phi) is 12.3. The third-order valence-electron chi connectivity index (χ3n) is 7.68. The smallest absolute Gasteiger partial charge is 0.264 e. The van der Waals surface area contributed by atoms with Crippen molar-refractivity contribution in [3.05, 3.63) is 120 Å². The van der Waals surface area contributed by atoms with E-state index in [0.29, 0.717) is 12.3 Å². The van der Waals surface area contributed by atoms with Crippen molar-refractivity contribution < 1.29 is 31.9 Å². The Morgan fingerprint density at radius 2 is 1.51 bits per heavy atom. The molecule has 0 saturated heterocycles. The van der Waals surface area contributed by atoms with Crippen molar-refractivity contribution in [3.63, 3.8) is 0 Å². The summed E-state index contributed by atoms with van der Waals surface area (Å²) in [5.74, 6) is -1.01. The number of rotatable bonds is 16. The number of ether oxygens (including phenoxy) is 2. The lowest BCUT2D eigenvalue weighted by atomic mass is 10.0. The summed E-state index contributed by atoms with van der Waals surface area (Å²) < 4.78 is 55.3. The normalized spacial score (nSPS) is 11.7. The van der Waals surface area contributed by atoms with Gasteiger partial charge in [-0.25, -0.2) is 12.8 Å². The molecule has 0 heterocycles. The SMILES string of the molecule is CCCCNC(=O)[C@H](Cc1ccccc1)N(Cc1ccccc1F)C(=O)CN(c1ccccc1OC)S(=O)(=O)c1ccc(OC)cc1. The highest BCUT2D eigenvalue weighted by Crippen LogP contribution is 2.33. The van der Waals surface area contributed by atoms with Gasteiger partial charge in [-0.2, -0.15) is 0 Å². The number of hydrogen-bond acceptors (Lipinski definition) is 6. The molecule has 0 aromatic heterocycles. The van der Waals surface area contributed by atoms with E-state index in [0.717, 1.165) is 22.7 Å². The minimum absolute atomic E-state index is 0.0872. The molecule has 0 aliphatic rings. The number of benzene rings is 4. The van der Waals surface area contributed by atoms with Crippen LogP contribution in [0.25, 0.3) is 0 Å². The molecule has 0 saturated carbocycles. The van der Waals surface area contributed by atoms with Crippen LogP contribution in [0, 0.1) is 5.82 Å². The van der Waals surface area contributed by atoms with E-state index in [4.69, 9.17) is 9.47 Å². The average molecular weight is 662 g/mol. The maximum atomic E-state index is 15.1. The summed E-state index contributed by atoms with van der Waals surface area (Å²) >= 11 is 0. The van der Waals surface area contributed by atoms with Crippen LogP contribution in [-0.2, 0) is 32.6 Å². The molecule has 0 unspecified atom stereocenters. The second-order valence-corrected chi connectivity index (χ2v) is 12.7. The largest absolute Gasteiger partial charge is 0.497 e. The van der Waals surface area contributed by atoms with E-state index in [9.17, 15) is 18.0 Å². The van der Waals surface area contributed by atoms with Gasteiger partial charge in [-0.15, -0.1) is 0 Å². The fraction of sp³-hybridized carbons (Fsp3) is 0.278. The first kappa shape index (κ1) is 35.0. The lowest BCUT2D eigenvalue weighted by molar-refractivity contribution is -0.140. The molecule has 0 fully saturated rings. The zero-order valence-electron chi connectivity index (χ0n) is 26.8. The number of methoxy groups -OCH3 is 2. The van der Waals surface area contributed by atoms with E-state index in [1.165, 1.54) is 67.7 Å². The number of nitrogens with one attached hydrogen (secondary N) is 1. The van der Waals surface area contributed by atoms with Gasteiger partial charge in [0.05, 0.1) is 24.8 Å². The van der Waals surface area contributed by atoms with Gasteiger partial charge in [0, 0.05) is 25.1 Å². The van der Waals surface area contributed by atoms with Crippen molar-refractivity contribution in [1.82, 2.24) is 10.2 Å². The maximum absolute atomic E-state index is 15.1. The molecule has 0 radical (unpaired) electrons. The fourth-order valence-corrected chi connectivity index (χ4v) is 6.52. The quantitative estimate of drug-likeness (QED) is 0.157. The van der Waals surface area contributed by atoms with Crippen LogP contribution in [0.1, 0.15) is 30.9 Å². The number of carbonyl (C=O) groups is 2. The van der Waals surface area contributed by atoms with Crippen LogP contribution >= 0.6 is 0 Å². The summed E-state index contributed by atoms with van der Waals surface area (Å²) in [4.78, 5) is 29.5. The number of carbonyl (C=O) groups excluding carboxylic acids is 2. The second kappa shape index (κ2) is 16.6. The predicted octanol–water partition coefficient (Wildman–Crippen LogP) is 5.59. The van der Waals surface area contributed by atoms with Crippen molar-refractivity contribution in [3.8, 4) is 11.5 Å². The molecule has 4 rings (SSSR count). The lowest BCUT2D eigenvalue weighted by Crippen LogP contribution is -2.53. The Labute approximate surface area is 276 Å². The van der Waals surface area contributed by atoms with E-state index >= 15 is 4.39 Å². The molecule has 248 valence electrons. The Bertz CT molecular complexity index is 1740. The molecule has 0 bridgehead atoms. The number of hydrogen-bond donors (Lipinski definition) is 1. The van der Waals surface area contributed by atoms with E-state index in [1.54, 1.807) is 24.3 Å². The van der Waals surface area contributed by atoms with Crippen LogP contribution in [0.15, 0.2) is 108 Å². The van der Waals surface area contributed by atoms with Crippen molar-refractivity contribution in [2.24, 2.45) is 0 Å². The van der Waals surface area contributed by atoms with E-state index in [-0.39, 0.29) is 34.9 Å². The molecule has 47 heavy (non-hydrogen) atoms. The number of unbranched alkanes of at least 4 members (excludes halogenated alkanes) is 1. The number of para-hydroxylation sites is 2. The van der Waals surface area contributed by atoms with Gasteiger partial charge in [0.1, 0.15) is 29.9 Å². The molecular formula is C36H40FN3O6S. The van der Waals surface area contributed by atoms with Gasteiger partial charge in [0.2, 0.25) is 11.8 Å². The first-order valence-corrected chi connectivity index (χ1v) is 16.8. The van der Waals surface area contributed by atoms with Gasteiger partial charge in [-0.1, -0.05) is 74.0 Å². The molecule has 0 aliphatic carbocycles. The van der Waals surface area contributed by atoms with E-state index in [2.05, 4.69) is 5.32 Å². The van der Waals surface area contributed by atoms with Crippen molar-refractivity contribution in [2.75, 3.05) is 31.6 Å². The van der Waals surface area contributed by atoms with Crippen molar-refractivity contribution in [1.29, 1.82) is 0 Å². The molecule has 0 aliphatic heterocycles. The third-order valence-corrected chi connectivity index (χ3v) is 9.45. The summed E-state index contributed by atoms with van der Waals surface area (Å²) in [6.45, 7) is 1.42. The van der Waals surface area contributed by atoms with Gasteiger partial charge in [-0.05, 0) is 54.4 Å². The zero-order valence-corrected chi connectivity index (χ0v) is 27.6. The number of halogens is 1. The van der Waals surface area contributed by atoms with Gasteiger partial charge in [0.25, 0.3) is 10.0 Å². The first-order chi connectivity index (χ1) is 22.7. The van der Waals surface area contributed by atoms with Crippen LogP contribution in [0.4, 0.5) is 10.1 Å². The molecule has 11 heteroatoms. The number of sulfonamides is 1. The van der Waals surface area contributed by atoms with Crippen LogP contribution in [0.2, 0.25) is 0 Å². The molecule has 1 N–H and O–H groups in total. The van der Waals surface area contributed by atoms with Gasteiger partial charge < -0.3 is 19.7 Å². The topological polar surface area (TPSA) is 105 Å². The van der Waals surface area contributed by atoms with Crippen LogP contribution in [-0.4, -0.2) is 58.5 Å². The van der Waals surface area contributed by atoms with E-state index < -0.39 is 40.2 Å². The molecule has 4 aromatic rings. The number of anilines is 1. The summed E-state index contributed by atoms with van der Waals surface area (Å²) in [5.41, 5.74) is 1.08. The van der Waals surface area contributed by atoms with E-state index in [1.807, 2.05) is 37.3 Å². The molecular weight excluding hydrogens is 621 g/mol. The van der Waals surface area contributed by atoms with Gasteiger partial charge in [-0.3, -0.25) is 13.9 Å². The Morgan fingerprint density at radius 1 is 0.851 bits per heavy atom. The Morgan fingerprint density at radius 3 is 2.17 bits per heavy atom. The van der Waals surface area contributed by atoms with Gasteiger partial charge >= 0.3 is 0 Å². The molecule has 9 nitrogen and oxygen atoms in total. The highest BCUT2D eigenvalue weighted by atomic mass is 32.2. The van der Waals surface area contributed by atoms with Crippen molar-refractivity contribution in [2.45, 2.75) is 43.7 Å². The number of nitrogens with zero attached hydrogens (tertiary/aromatic N) is 2. The highest BCUT2D eigenvalue weighted by Gasteiger charge is 2.35. The fourth-order valence-electron chi connectivity index (χ4n) is 5.09. The van der Waals surface area contributed by atoms with Crippen LogP contribution in [0.5, 0.6) is 11.5 Å². The van der Waals surface area contributed by atoms with Gasteiger partial charge in [0.15, 0.2) is 0 Å². The summed E-state index contributed by atoms with van der Waals surface area (Å²) in [6, 6.07) is 26.3. The standard InChI is InChI=1S/C36H40FN3O6S/c1-4-5-23-38-36(42)33(24-27-13-7-6-8-14-27)39(25-28-15-9-10-16-31(28)37)35(41)26-40(32-17-11-12-18-34(32)46-3)47(43,44)30-21-19-29(45-2)20-22-30/h6-22,33H,4-5,23-26H2,1-3H3,(H,38,42)/t33-/m0/s1.